The van der Waals surface area contributed by atoms with E-state index in [2.05, 4.69) is 0 Å². The minimum absolute atomic E-state index is 0.208. The van der Waals surface area contributed by atoms with Crippen molar-refractivity contribution in [3.05, 3.63) is 0 Å². The lowest BCUT2D eigenvalue weighted by Crippen LogP contribution is -2.36. The second-order valence-electron chi connectivity index (χ2n) is 5.67. The van der Waals surface area contributed by atoms with Crippen LogP contribution in [-0.2, 0) is 28.1 Å². The SMILES string of the molecule is CCOC(C)(OCC)P(=O)(COC(=O)C(C)(C)C)OCC. The molecule has 0 aliphatic rings. The number of ether oxygens (including phenoxy) is 3. The van der Waals surface area contributed by atoms with Gasteiger partial charge in [0, 0.05) is 13.2 Å². The molecule has 1 atom stereocenters. The minimum atomic E-state index is -3.49. The fourth-order valence-electron chi connectivity index (χ4n) is 1.61. The monoisotopic (exact) mass is 324 g/mol. The highest BCUT2D eigenvalue weighted by Crippen LogP contribution is 2.60. The fourth-order valence-corrected chi connectivity index (χ4v) is 3.51. The van der Waals surface area contributed by atoms with Gasteiger partial charge in [-0.3, -0.25) is 9.36 Å². The smallest absolute Gasteiger partial charge is 0.311 e. The molecule has 0 saturated carbocycles. The van der Waals surface area contributed by atoms with Gasteiger partial charge in [0.1, 0.15) is 0 Å². The van der Waals surface area contributed by atoms with Gasteiger partial charge < -0.3 is 18.7 Å². The van der Waals surface area contributed by atoms with Gasteiger partial charge in [-0.15, -0.1) is 0 Å². The molecule has 0 spiro atoms. The van der Waals surface area contributed by atoms with E-state index in [9.17, 15) is 9.36 Å². The van der Waals surface area contributed by atoms with Crippen LogP contribution in [0.5, 0.6) is 0 Å². The third-order valence-corrected chi connectivity index (χ3v) is 5.40. The van der Waals surface area contributed by atoms with Crippen molar-refractivity contribution in [3.8, 4) is 0 Å². The summed E-state index contributed by atoms with van der Waals surface area (Å²) in [6, 6.07) is 0. The molecule has 0 saturated heterocycles. The third kappa shape index (κ3) is 5.70. The number of rotatable bonds is 9. The molecule has 0 fully saturated rings. The number of esters is 1. The third-order valence-electron chi connectivity index (χ3n) is 2.76. The molecule has 0 N–H and O–H groups in total. The topological polar surface area (TPSA) is 71.1 Å². The first-order chi connectivity index (χ1) is 9.56. The van der Waals surface area contributed by atoms with Gasteiger partial charge in [0.2, 0.25) is 5.53 Å². The van der Waals surface area contributed by atoms with Crippen LogP contribution in [0.25, 0.3) is 0 Å². The van der Waals surface area contributed by atoms with E-state index in [1.807, 2.05) is 0 Å². The molecule has 0 aliphatic carbocycles. The number of carbonyl (C=O) groups excluding carboxylic acids is 1. The Hall–Kier alpha value is -0.420. The molecule has 0 aromatic heterocycles. The van der Waals surface area contributed by atoms with E-state index in [1.165, 1.54) is 0 Å². The molecule has 6 nitrogen and oxygen atoms in total. The Bertz CT molecular complexity index is 368. The summed E-state index contributed by atoms with van der Waals surface area (Å²) in [5.41, 5.74) is -2.10. The zero-order chi connectivity index (χ0) is 16.7. The predicted octanol–water partition coefficient (Wildman–Crippen LogP) is 3.59. The van der Waals surface area contributed by atoms with E-state index >= 15 is 0 Å². The maximum absolute atomic E-state index is 13.1. The Morgan fingerprint density at radius 3 is 1.76 bits per heavy atom. The maximum atomic E-state index is 13.1. The number of hydrogen-bond donors (Lipinski definition) is 0. The minimum Gasteiger partial charge on any atom is -0.455 e. The summed E-state index contributed by atoms with van der Waals surface area (Å²) in [5.74, 6) is -0.447. The number of hydrogen-bond acceptors (Lipinski definition) is 6. The average molecular weight is 324 g/mol. The first kappa shape index (κ1) is 20.6. The van der Waals surface area contributed by atoms with Crippen molar-refractivity contribution >= 4 is 13.3 Å². The molecule has 0 aliphatic heterocycles. The van der Waals surface area contributed by atoms with E-state index < -0.39 is 24.3 Å². The molecule has 0 bridgehead atoms. The van der Waals surface area contributed by atoms with E-state index in [0.29, 0.717) is 13.2 Å². The molecule has 126 valence electrons. The summed E-state index contributed by atoms with van der Waals surface area (Å²) in [5, 5.41) is 0. The van der Waals surface area contributed by atoms with Crippen molar-refractivity contribution in [1.82, 2.24) is 0 Å². The molecule has 7 heteroatoms. The number of carbonyl (C=O) groups is 1. The Balaban J connectivity index is 5.21. The van der Waals surface area contributed by atoms with E-state index in [1.54, 1.807) is 48.5 Å². The fraction of sp³-hybridized carbons (Fsp3) is 0.929. The molecular weight excluding hydrogens is 295 g/mol. The lowest BCUT2D eigenvalue weighted by atomic mass is 9.98. The van der Waals surface area contributed by atoms with Crippen LogP contribution < -0.4 is 0 Å². The second-order valence-corrected chi connectivity index (χ2v) is 8.34. The van der Waals surface area contributed by atoms with Gasteiger partial charge in [0.25, 0.3) is 7.37 Å². The lowest BCUT2D eigenvalue weighted by Gasteiger charge is -2.35. The molecule has 0 radical (unpaired) electrons. The highest BCUT2D eigenvalue weighted by Gasteiger charge is 2.49. The quantitative estimate of drug-likeness (QED) is 0.367. The second kappa shape index (κ2) is 8.28. The van der Waals surface area contributed by atoms with Crippen molar-refractivity contribution in [1.29, 1.82) is 0 Å². The van der Waals surface area contributed by atoms with Crippen molar-refractivity contribution in [2.45, 2.75) is 54.0 Å². The van der Waals surface area contributed by atoms with Gasteiger partial charge in [0.15, 0.2) is 6.35 Å². The Morgan fingerprint density at radius 1 is 0.952 bits per heavy atom. The summed E-state index contributed by atoms with van der Waals surface area (Å²) in [4.78, 5) is 11.9. The molecule has 0 heterocycles. The van der Waals surface area contributed by atoms with Gasteiger partial charge in [-0.25, -0.2) is 0 Å². The van der Waals surface area contributed by atoms with E-state index in [-0.39, 0.29) is 13.0 Å². The Labute approximate surface area is 127 Å². The Morgan fingerprint density at radius 2 is 1.43 bits per heavy atom. The summed E-state index contributed by atoms with van der Waals surface area (Å²) in [7, 11) is -3.49. The molecule has 21 heavy (non-hydrogen) atoms. The van der Waals surface area contributed by atoms with Crippen molar-refractivity contribution < 1.29 is 28.1 Å². The summed E-state index contributed by atoms with van der Waals surface area (Å²) in [6.07, 6.45) is -0.368. The van der Waals surface area contributed by atoms with Crippen molar-refractivity contribution in [2.75, 3.05) is 26.2 Å². The maximum Gasteiger partial charge on any atom is 0.311 e. The molecule has 0 aromatic carbocycles. The molecule has 0 rings (SSSR count). The summed E-state index contributed by atoms with van der Waals surface area (Å²) in [6.45, 7) is 12.8. The summed E-state index contributed by atoms with van der Waals surface area (Å²) >= 11 is 0. The first-order valence-electron chi connectivity index (χ1n) is 7.25. The average Bonchev–Trinajstić information content (AvgIpc) is 2.35. The Kier molecular flexibility index (Phi) is 8.11. The van der Waals surface area contributed by atoms with Gasteiger partial charge in [-0.05, 0) is 48.5 Å². The molecule has 0 amide bonds. The van der Waals surface area contributed by atoms with Gasteiger partial charge in [0.05, 0.1) is 12.0 Å². The van der Waals surface area contributed by atoms with Crippen LogP contribution in [0, 0.1) is 5.41 Å². The highest BCUT2D eigenvalue weighted by molar-refractivity contribution is 7.60. The van der Waals surface area contributed by atoms with Crippen LogP contribution in [0.15, 0.2) is 0 Å². The highest BCUT2D eigenvalue weighted by atomic mass is 31.2. The zero-order valence-corrected chi connectivity index (χ0v) is 15.1. The van der Waals surface area contributed by atoms with Crippen LogP contribution in [0.4, 0.5) is 0 Å². The van der Waals surface area contributed by atoms with E-state index in [0.717, 1.165) is 0 Å². The molecular formula is C14H29O6P. The van der Waals surface area contributed by atoms with Gasteiger partial charge in [-0.1, -0.05) is 0 Å². The zero-order valence-electron chi connectivity index (χ0n) is 14.2. The van der Waals surface area contributed by atoms with Crippen molar-refractivity contribution in [3.63, 3.8) is 0 Å². The van der Waals surface area contributed by atoms with E-state index in [4.69, 9.17) is 18.7 Å². The van der Waals surface area contributed by atoms with Gasteiger partial charge >= 0.3 is 5.97 Å². The largest absolute Gasteiger partial charge is 0.455 e. The first-order valence-corrected chi connectivity index (χ1v) is 9.06. The van der Waals surface area contributed by atoms with Crippen LogP contribution in [-0.4, -0.2) is 37.7 Å². The standard InChI is InChI=1S/C14H29O6P/c1-8-18-14(7,19-9-2)21(16,20-10-3)11-17-12(15)13(4,5)6/h8-11H2,1-7H3. The normalized spacial score (nSPS) is 15.6. The summed E-state index contributed by atoms with van der Waals surface area (Å²) < 4.78 is 34.7. The van der Waals surface area contributed by atoms with Gasteiger partial charge in [-0.2, -0.15) is 0 Å². The van der Waals surface area contributed by atoms with Crippen LogP contribution in [0.2, 0.25) is 0 Å². The lowest BCUT2D eigenvalue weighted by molar-refractivity contribution is -0.171. The van der Waals surface area contributed by atoms with Crippen LogP contribution >= 0.6 is 7.37 Å². The predicted molar refractivity (Wildman–Crippen MR) is 81.3 cm³/mol. The molecule has 1 unspecified atom stereocenters. The van der Waals surface area contributed by atoms with Crippen LogP contribution in [0.3, 0.4) is 0 Å². The molecule has 0 aromatic rings. The van der Waals surface area contributed by atoms with Crippen molar-refractivity contribution in [2.24, 2.45) is 5.41 Å². The van der Waals surface area contributed by atoms with Crippen LogP contribution in [0.1, 0.15) is 48.5 Å².